The quantitative estimate of drug-likeness (QED) is 0.678. The van der Waals surface area contributed by atoms with Crippen LogP contribution in [0.4, 0.5) is 5.82 Å². The number of sulfone groups is 1. The maximum atomic E-state index is 11.1. The summed E-state index contributed by atoms with van der Waals surface area (Å²) in [4.78, 5) is 6.30. The molecule has 0 saturated carbocycles. The third-order valence-corrected chi connectivity index (χ3v) is 5.13. The second kappa shape index (κ2) is 2.72. The molecule has 79 valence electrons. The minimum Gasteiger partial charge on any atom is -0.355 e. The topological polar surface area (TPSA) is 50.3 Å². The van der Waals surface area contributed by atoms with E-state index in [9.17, 15) is 8.42 Å². The summed E-state index contributed by atoms with van der Waals surface area (Å²) < 4.78 is 22.2. The number of aromatic nitrogens is 1. The lowest BCUT2D eigenvalue weighted by atomic mass is 9.83. The lowest BCUT2D eigenvalue weighted by molar-refractivity contribution is 0.253. The summed E-state index contributed by atoms with van der Waals surface area (Å²) in [5.74, 6) is 1.63. The largest absolute Gasteiger partial charge is 0.355 e. The highest BCUT2D eigenvalue weighted by molar-refractivity contribution is 7.92. The monoisotopic (exact) mass is 223 g/mol. The Hall–Kier alpha value is -1.10. The molecule has 0 N–H and O–H groups in total. The fourth-order valence-corrected chi connectivity index (χ4v) is 4.64. The Labute approximate surface area is 88.8 Å². The minimum absolute atomic E-state index is 0.0417. The predicted molar refractivity (Wildman–Crippen MR) is 56.4 cm³/mol. The van der Waals surface area contributed by atoms with Crippen LogP contribution in [-0.2, 0) is 9.84 Å². The molecule has 0 amide bonds. The van der Waals surface area contributed by atoms with Crippen molar-refractivity contribution in [3.8, 4) is 0 Å². The molecule has 5 heteroatoms. The third kappa shape index (κ3) is 1.42. The van der Waals surface area contributed by atoms with Crippen LogP contribution in [0.1, 0.15) is 0 Å². The number of hydrogen-bond donors (Lipinski definition) is 0. The van der Waals surface area contributed by atoms with Gasteiger partial charge < -0.3 is 4.90 Å². The Bertz CT molecular complexity index is 463. The highest BCUT2D eigenvalue weighted by Gasteiger charge is 2.56. The molecule has 1 radical (unpaired) electrons. The van der Waals surface area contributed by atoms with Crippen molar-refractivity contribution in [3.05, 3.63) is 24.4 Å². The van der Waals surface area contributed by atoms with E-state index in [2.05, 4.69) is 16.0 Å². The van der Waals surface area contributed by atoms with Crippen molar-refractivity contribution in [3.63, 3.8) is 0 Å². The Morgan fingerprint density at radius 3 is 2.67 bits per heavy atom. The van der Waals surface area contributed by atoms with Gasteiger partial charge in [-0.1, -0.05) is 0 Å². The van der Waals surface area contributed by atoms with Gasteiger partial charge in [0.25, 0.3) is 0 Å². The van der Waals surface area contributed by atoms with Crippen LogP contribution in [0.25, 0.3) is 0 Å². The van der Waals surface area contributed by atoms with E-state index in [1.54, 1.807) is 6.20 Å². The first-order valence-corrected chi connectivity index (χ1v) is 6.68. The van der Waals surface area contributed by atoms with Crippen molar-refractivity contribution in [2.24, 2.45) is 5.41 Å². The number of nitrogens with zero attached hydrogens (tertiary/aromatic N) is 2. The third-order valence-electron chi connectivity index (χ3n) is 3.03. The first kappa shape index (κ1) is 9.15. The van der Waals surface area contributed by atoms with Gasteiger partial charge in [0.15, 0.2) is 9.84 Å². The van der Waals surface area contributed by atoms with Gasteiger partial charge >= 0.3 is 0 Å². The van der Waals surface area contributed by atoms with E-state index in [-0.39, 0.29) is 5.41 Å². The molecule has 1 aromatic rings. The molecule has 3 heterocycles. The second-order valence-corrected chi connectivity index (χ2v) is 6.57. The molecule has 1 spiro atoms. The molecule has 0 unspecified atom stereocenters. The first-order chi connectivity index (χ1) is 7.09. The highest BCUT2D eigenvalue weighted by Crippen LogP contribution is 2.42. The summed E-state index contributed by atoms with van der Waals surface area (Å²) in [6, 6.07) is 6.59. The Kier molecular flexibility index (Phi) is 1.66. The first-order valence-electron chi connectivity index (χ1n) is 4.86. The summed E-state index contributed by atoms with van der Waals surface area (Å²) in [6.07, 6.45) is 1.64. The van der Waals surface area contributed by atoms with E-state index >= 15 is 0 Å². The van der Waals surface area contributed by atoms with Crippen molar-refractivity contribution in [1.82, 2.24) is 4.98 Å². The van der Waals surface area contributed by atoms with Crippen LogP contribution in [0.2, 0.25) is 0 Å². The fourth-order valence-electron chi connectivity index (χ4n) is 2.50. The molecule has 0 aromatic carbocycles. The normalized spacial score (nSPS) is 25.7. The fraction of sp³-hybridized carbons (Fsp3) is 0.500. The molecule has 2 aliphatic rings. The number of hydrogen-bond acceptors (Lipinski definition) is 4. The molecule has 15 heavy (non-hydrogen) atoms. The van der Waals surface area contributed by atoms with Gasteiger partial charge in [-0.3, -0.25) is 0 Å². The highest BCUT2D eigenvalue weighted by atomic mass is 32.2. The van der Waals surface area contributed by atoms with Crippen LogP contribution in [0.3, 0.4) is 0 Å². The average molecular weight is 223 g/mol. The maximum absolute atomic E-state index is 11.1. The van der Waals surface area contributed by atoms with Gasteiger partial charge in [0.1, 0.15) is 5.82 Å². The molecule has 3 rings (SSSR count). The lowest BCUT2D eigenvalue weighted by Gasteiger charge is -2.55. The number of rotatable bonds is 1. The van der Waals surface area contributed by atoms with Gasteiger partial charge in [-0.25, -0.2) is 13.4 Å². The number of pyridine rings is 1. The van der Waals surface area contributed by atoms with Crippen molar-refractivity contribution in [1.29, 1.82) is 0 Å². The van der Waals surface area contributed by atoms with Crippen molar-refractivity contribution in [2.45, 2.75) is 0 Å². The zero-order valence-corrected chi connectivity index (χ0v) is 9.00. The SMILES string of the molecule is O=S1(=O)CC2(CN(c3cc[c]cn3)C2)C1. The molecular weight excluding hydrogens is 212 g/mol. The zero-order chi connectivity index (χ0) is 10.5. The van der Waals surface area contributed by atoms with Crippen LogP contribution in [-0.4, -0.2) is 38.0 Å². The molecular formula is C10H11N2O2S. The Morgan fingerprint density at radius 2 is 2.13 bits per heavy atom. The molecule has 0 atom stereocenters. The molecule has 2 fully saturated rings. The predicted octanol–water partition coefficient (Wildman–Crippen LogP) is 0.117. The summed E-state index contributed by atoms with van der Waals surface area (Å²) in [6.45, 7) is 1.65. The summed E-state index contributed by atoms with van der Waals surface area (Å²) >= 11 is 0. The van der Waals surface area contributed by atoms with Crippen molar-refractivity contribution < 1.29 is 8.42 Å². The van der Waals surface area contributed by atoms with E-state index in [0.29, 0.717) is 11.5 Å². The summed E-state index contributed by atoms with van der Waals surface area (Å²) in [5.41, 5.74) is 0.0417. The molecule has 2 saturated heterocycles. The van der Waals surface area contributed by atoms with E-state index in [1.165, 1.54) is 0 Å². The second-order valence-electron chi connectivity index (χ2n) is 4.50. The van der Waals surface area contributed by atoms with Crippen molar-refractivity contribution in [2.75, 3.05) is 29.5 Å². The molecule has 1 aromatic heterocycles. The van der Waals surface area contributed by atoms with E-state index in [1.807, 2.05) is 12.1 Å². The summed E-state index contributed by atoms with van der Waals surface area (Å²) in [7, 11) is -2.71. The van der Waals surface area contributed by atoms with Crippen molar-refractivity contribution >= 4 is 15.7 Å². The smallest absolute Gasteiger partial charge is 0.151 e. The standard InChI is InChI=1S/C10H11N2O2S/c13-15(14)7-10(8-15)5-12(6-10)9-3-1-2-4-11-9/h1,3-4H,5-8H2. The number of anilines is 1. The molecule has 2 aliphatic heterocycles. The molecule has 4 nitrogen and oxygen atoms in total. The van der Waals surface area contributed by atoms with Crippen LogP contribution in [0.5, 0.6) is 0 Å². The molecule has 0 bridgehead atoms. The Morgan fingerprint density at radius 1 is 1.40 bits per heavy atom. The van der Waals surface area contributed by atoms with Crippen LogP contribution >= 0.6 is 0 Å². The van der Waals surface area contributed by atoms with Gasteiger partial charge in [0, 0.05) is 30.8 Å². The van der Waals surface area contributed by atoms with E-state index in [0.717, 1.165) is 18.9 Å². The van der Waals surface area contributed by atoms with Gasteiger partial charge in [-0.05, 0) is 12.1 Å². The van der Waals surface area contributed by atoms with E-state index in [4.69, 9.17) is 0 Å². The average Bonchev–Trinajstić information content (AvgIpc) is 2.11. The maximum Gasteiger partial charge on any atom is 0.151 e. The van der Waals surface area contributed by atoms with Gasteiger partial charge in [-0.15, -0.1) is 0 Å². The van der Waals surface area contributed by atoms with Gasteiger partial charge in [0.2, 0.25) is 0 Å². The van der Waals surface area contributed by atoms with Crippen LogP contribution in [0.15, 0.2) is 18.3 Å². The summed E-state index contributed by atoms with van der Waals surface area (Å²) in [5, 5.41) is 0. The van der Waals surface area contributed by atoms with Gasteiger partial charge in [-0.2, -0.15) is 0 Å². The molecule has 0 aliphatic carbocycles. The van der Waals surface area contributed by atoms with Gasteiger partial charge in [0.05, 0.1) is 11.5 Å². The van der Waals surface area contributed by atoms with E-state index < -0.39 is 9.84 Å². The van der Waals surface area contributed by atoms with Crippen LogP contribution < -0.4 is 4.90 Å². The zero-order valence-electron chi connectivity index (χ0n) is 8.18. The lowest BCUT2D eigenvalue weighted by Crippen LogP contribution is -2.68. The van der Waals surface area contributed by atoms with Crippen LogP contribution in [0, 0.1) is 11.5 Å². The minimum atomic E-state index is -2.71. The Balaban J connectivity index is 1.69.